The lowest BCUT2D eigenvalue weighted by molar-refractivity contribution is -0.141. The Morgan fingerprint density at radius 1 is 1.09 bits per heavy atom. The molecule has 1 atom stereocenters. The van der Waals surface area contributed by atoms with Gasteiger partial charge in [-0.1, -0.05) is 38.1 Å². The van der Waals surface area contributed by atoms with Crippen molar-refractivity contribution in [1.82, 2.24) is 14.5 Å². The van der Waals surface area contributed by atoms with Crippen molar-refractivity contribution < 1.29 is 27.5 Å². The maximum absolute atomic E-state index is 13.4. The molecule has 2 aromatic carbocycles. The van der Waals surface area contributed by atoms with Gasteiger partial charge in [0.15, 0.2) is 0 Å². The molecular formula is C25H31N3O6S. The van der Waals surface area contributed by atoms with E-state index in [-0.39, 0.29) is 35.9 Å². The summed E-state index contributed by atoms with van der Waals surface area (Å²) in [6, 6.07) is 12.4. The van der Waals surface area contributed by atoms with Crippen molar-refractivity contribution in [2.24, 2.45) is 0 Å². The molecule has 1 unspecified atom stereocenters. The molecule has 35 heavy (non-hydrogen) atoms. The number of carbonyl (C=O) groups is 3. The Balaban J connectivity index is 1.81. The van der Waals surface area contributed by atoms with E-state index in [2.05, 4.69) is 5.32 Å². The number of carbonyl (C=O) groups excluding carboxylic acids is 3. The average Bonchev–Trinajstić information content (AvgIpc) is 3.06. The van der Waals surface area contributed by atoms with Crippen LogP contribution in [0, 0.1) is 0 Å². The summed E-state index contributed by atoms with van der Waals surface area (Å²) in [7, 11) is -2.46. The second kappa shape index (κ2) is 11.4. The highest BCUT2D eigenvalue weighted by atomic mass is 32.2. The van der Waals surface area contributed by atoms with E-state index in [1.165, 1.54) is 17.0 Å². The Kier molecular flexibility index (Phi) is 8.50. The first-order valence-corrected chi connectivity index (χ1v) is 13.0. The molecule has 1 heterocycles. The third-order valence-electron chi connectivity index (χ3n) is 5.89. The van der Waals surface area contributed by atoms with Crippen LogP contribution in [0.1, 0.15) is 49.0 Å². The summed E-state index contributed by atoms with van der Waals surface area (Å²) in [6.45, 7) is 4.09. The van der Waals surface area contributed by atoms with Crippen molar-refractivity contribution in [3.05, 3.63) is 59.7 Å². The van der Waals surface area contributed by atoms with Crippen LogP contribution in [-0.4, -0.2) is 61.6 Å². The quantitative estimate of drug-likeness (QED) is 0.506. The van der Waals surface area contributed by atoms with Gasteiger partial charge in [0.1, 0.15) is 16.7 Å². The number of nitrogens with zero attached hydrogens (tertiary/aromatic N) is 2. The molecule has 1 aliphatic rings. The Morgan fingerprint density at radius 2 is 1.77 bits per heavy atom. The number of rotatable bonds is 11. The van der Waals surface area contributed by atoms with Gasteiger partial charge in [-0.25, -0.2) is 12.7 Å². The number of methoxy groups -OCH3 is 1. The van der Waals surface area contributed by atoms with Gasteiger partial charge in [-0.3, -0.25) is 14.4 Å². The standard InChI is InChI=1S/C25H31N3O6S/c1-4-15-26-24(30)21(5-2)27(17-18-10-12-19(34-3)13-11-18)23(29)14-16-28-25(31)20-8-6-7-9-22(20)35(28,32)33/h6-13,21H,4-5,14-17H2,1-3H3,(H,26,30). The van der Waals surface area contributed by atoms with E-state index >= 15 is 0 Å². The second-order valence-corrected chi connectivity index (χ2v) is 10.0. The molecule has 0 aromatic heterocycles. The number of sulfonamides is 1. The minimum absolute atomic E-state index is 0.0575. The third kappa shape index (κ3) is 5.64. The van der Waals surface area contributed by atoms with Crippen LogP contribution in [0.2, 0.25) is 0 Å². The Labute approximate surface area is 206 Å². The first-order chi connectivity index (χ1) is 16.7. The van der Waals surface area contributed by atoms with Crippen molar-refractivity contribution in [1.29, 1.82) is 0 Å². The van der Waals surface area contributed by atoms with Crippen molar-refractivity contribution in [2.75, 3.05) is 20.2 Å². The van der Waals surface area contributed by atoms with E-state index in [0.29, 0.717) is 18.7 Å². The minimum atomic E-state index is -4.02. The maximum Gasteiger partial charge on any atom is 0.269 e. The van der Waals surface area contributed by atoms with Gasteiger partial charge in [-0.05, 0) is 42.7 Å². The van der Waals surface area contributed by atoms with Crippen LogP contribution in [-0.2, 0) is 26.2 Å². The number of ether oxygens (including phenoxy) is 1. The Morgan fingerprint density at radius 3 is 2.37 bits per heavy atom. The average molecular weight is 502 g/mol. The molecule has 0 bridgehead atoms. The van der Waals surface area contributed by atoms with E-state index in [0.717, 1.165) is 16.3 Å². The fraction of sp³-hybridized carbons (Fsp3) is 0.400. The molecule has 0 fully saturated rings. The van der Waals surface area contributed by atoms with Gasteiger partial charge in [-0.2, -0.15) is 0 Å². The highest BCUT2D eigenvalue weighted by Gasteiger charge is 2.41. The number of hydrogen-bond acceptors (Lipinski definition) is 6. The van der Waals surface area contributed by atoms with E-state index in [9.17, 15) is 22.8 Å². The van der Waals surface area contributed by atoms with Crippen LogP contribution in [0.25, 0.3) is 0 Å². The summed E-state index contributed by atoms with van der Waals surface area (Å²) in [5.41, 5.74) is 0.888. The molecule has 3 rings (SSSR count). The van der Waals surface area contributed by atoms with E-state index < -0.39 is 27.9 Å². The molecule has 3 amide bonds. The van der Waals surface area contributed by atoms with Gasteiger partial charge in [0.2, 0.25) is 11.8 Å². The zero-order valence-electron chi connectivity index (χ0n) is 20.2. The summed E-state index contributed by atoms with van der Waals surface area (Å²) in [4.78, 5) is 40.3. The summed E-state index contributed by atoms with van der Waals surface area (Å²) in [6.07, 6.45) is 0.889. The molecule has 0 saturated carbocycles. The largest absolute Gasteiger partial charge is 0.497 e. The van der Waals surface area contributed by atoms with Crippen LogP contribution in [0.15, 0.2) is 53.4 Å². The lowest BCUT2D eigenvalue weighted by Gasteiger charge is -2.31. The van der Waals surface area contributed by atoms with Crippen LogP contribution < -0.4 is 10.1 Å². The summed E-state index contributed by atoms with van der Waals surface area (Å²) in [5.74, 6) is -0.675. The molecule has 0 spiro atoms. The minimum Gasteiger partial charge on any atom is -0.497 e. The number of amides is 3. The fourth-order valence-electron chi connectivity index (χ4n) is 4.01. The molecule has 2 aromatic rings. The Hall–Kier alpha value is -3.40. The summed E-state index contributed by atoms with van der Waals surface area (Å²) >= 11 is 0. The zero-order valence-corrected chi connectivity index (χ0v) is 21.0. The number of nitrogens with one attached hydrogen (secondary N) is 1. The first-order valence-electron chi connectivity index (χ1n) is 11.6. The van der Waals surface area contributed by atoms with Crippen molar-refractivity contribution in [3.63, 3.8) is 0 Å². The van der Waals surface area contributed by atoms with E-state index in [1.54, 1.807) is 43.5 Å². The topological polar surface area (TPSA) is 113 Å². The summed E-state index contributed by atoms with van der Waals surface area (Å²) in [5, 5.41) is 2.84. The van der Waals surface area contributed by atoms with Gasteiger partial charge in [0.25, 0.3) is 15.9 Å². The molecule has 0 radical (unpaired) electrons. The molecule has 188 valence electrons. The van der Waals surface area contributed by atoms with Crippen LogP contribution >= 0.6 is 0 Å². The molecular weight excluding hydrogens is 470 g/mol. The Bertz CT molecular complexity index is 1180. The van der Waals surface area contributed by atoms with Gasteiger partial charge in [0, 0.05) is 26.1 Å². The SMILES string of the molecule is CCCNC(=O)C(CC)N(Cc1ccc(OC)cc1)C(=O)CCN1C(=O)c2ccccc2S1(=O)=O. The highest BCUT2D eigenvalue weighted by molar-refractivity contribution is 7.90. The van der Waals surface area contributed by atoms with Crippen LogP contribution in [0.4, 0.5) is 0 Å². The van der Waals surface area contributed by atoms with Gasteiger partial charge in [0.05, 0.1) is 12.7 Å². The smallest absolute Gasteiger partial charge is 0.269 e. The maximum atomic E-state index is 13.4. The van der Waals surface area contributed by atoms with Crippen molar-refractivity contribution >= 4 is 27.7 Å². The normalized spacial score (nSPS) is 14.8. The fourth-order valence-corrected chi connectivity index (χ4v) is 5.58. The summed E-state index contributed by atoms with van der Waals surface area (Å²) < 4.78 is 31.6. The predicted molar refractivity (Wildman–Crippen MR) is 130 cm³/mol. The van der Waals surface area contributed by atoms with Gasteiger partial charge < -0.3 is 15.0 Å². The highest BCUT2D eigenvalue weighted by Crippen LogP contribution is 2.30. The molecule has 1 N–H and O–H groups in total. The first kappa shape index (κ1) is 26.2. The van der Waals surface area contributed by atoms with Gasteiger partial charge >= 0.3 is 0 Å². The molecule has 0 saturated heterocycles. The van der Waals surface area contributed by atoms with E-state index in [1.807, 2.05) is 13.8 Å². The van der Waals surface area contributed by atoms with Crippen molar-refractivity contribution in [3.8, 4) is 5.75 Å². The number of hydrogen-bond donors (Lipinski definition) is 1. The molecule has 10 heteroatoms. The molecule has 9 nitrogen and oxygen atoms in total. The van der Waals surface area contributed by atoms with Crippen LogP contribution in [0.3, 0.4) is 0 Å². The van der Waals surface area contributed by atoms with Gasteiger partial charge in [-0.15, -0.1) is 0 Å². The van der Waals surface area contributed by atoms with Crippen LogP contribution in [0.5, 0.6) is 5.75 Å². The second-order valence-electron chi connectivity index (χ2n) is 8.21. The lowest BCUT2D eigenvalue weighted by Crippen LogP contribution is -2.49. The number of benzene rings is 2. The molecule has 0 aliphatic carbocycles. The van der Waals surface area contributed by atoms with Crippen molar-refractivity contribution in [2.45, 2.75) is 50.6 Å². The lowest BCUT2D eigenvalue weighted by atomic mass is 10.1. The van der Waals surface area contributed by atoms with E-state index in [4.69, 9.17) is 4.74 Å². The third-order valence-corrected chi connectivity index (χ3v) is 7.73. The monoisotopic (exact) mass is 501 g/mol. The predicted octanol–water partition coefficient (Wildman–Crippen LogP) is 2.56. The zero-order chi connectivity index (χ0) is 25.6. The number of fused-ring (bicyclic) bond motifs is 1. The molecule has 1 aliphatic heterocycles.